The molecule has 0 aromatic heterocycles. The van der Waals surface area contributed by atoms with Crippen molar-refractivity contribution in [2.75, 3.05) is 23.4 Å². The molecule has 1 aliphatic rings. The van der Waals surface area contributed by atoms with Crippen LogP contribution in [0.5, 0.6) is 11.5 Å². The standard InChI is InChI=1S/C17H17NO3S2/c19-14-5-3-13(4-6-14)18-16(20)11-21-15-7-1-12(2-8-15)17-22-9-10-23-17/h1-8,17,19H,9-11H2,(H,18,20). The SMILES string of the molecule is O=C(COc1ccc(C2SCCS2)cc1)Nc1ccc(O)cc1. The molecular formula is C17H17NO3S2. The largest absolute Gasteiger partial charge is 0.508 e. The first-order valence-electron chi connectivity index (χ1n) is 7.25. The summed E-state index contributed by atoms with van der Waals surface area (Å²) in [5, 5.41) is 11.9. The van der Waals surface area contributed by atoms with Crippen molar-refractivity contribution in [3.8, 4) is 11.5 Å². The van der Waals surface area contributed by atoms with Gasteiger partial charge in [-0.3, -0.25) is 4.79 Å². The molecule has 1 fully saturated rings. The van der Waals surface area contributed by atoms with Crippen molar-refractivity contribution in [1.29, 1.82) is 0 Å². The Bertz CT molecular complexity index is 653. The minimum absolute atomic E-state index is 0.0485. The lowest BCUT2D eigenvalue weighted by Gasteiger charge is -2.10. The fourth-order valence-corrected chi connectivity index (χ4v) is 5.02. The zero-order chi connectivity index (χ0) is 16.1. The minimum atomic E-state index is -0.235. The van der Waals surface area contributed by atoms with Gasteiger partial charge in [-0.1, -0.05) is 12.1 Å². The summed E-state index contributed by atoms with van der Waals surface area (Å²) in [7, 11) is 0. The van der Waals surface area contributed by atoms with Gasteiger partial charge in [0.1, 0.15) is 11.5 Å². The van der Waals surface area contributed by atoms with Gasteiger partial charge >= 0.3 is 0 Å². The lowest BCUT2D eigenvalue weighted by Crippen LogP contribution is -2.20. The number of nitrogens with one attached hydrogen (secondary N) is 1. The van der Waals surface area contributed by atoms with Crippen LogP contribution in [0.2, 0.25) is 0 Å². The number of hydrogen-bond acceptors (Lipinski definition) is 5. The Morgan fingerprint density at radius 2 is 1.74 bits per heavy atom. The molecule has 1 heterocycles. The average Bonchev–Trinajstić information content (AvgIpc) is 3.10. The van der Waals surface area contributed by atoms with Crippen LogP contribution in [0.4, 0.5) is 5.69 Å². The van der Waals surface area contributed by atoms with Crippen LogP contribution in [0.3, 0.4) is 0 Å². The van der Waals surface area contributed by atoms with E-state index >= 15 is 0 Å². The fraction of sp³-hybridized carbons (Fsp3) is 0.235. The first kappa shape index (κ1) is 16.1. The van der Waals surface area contributed by atoms with Crippen molar-refractivity contribution in [2.45, 2.75) is 4.58 Å². The Morgan fingerprint density at radius 3 is 2.39 bits per heavy atom. The summed E-state index contributed by atoms with van der Waals surface area (Å²) in [4.78, 5) is 11.8. The predicted octanol–water partition coefficient (Wildman–Crippen LogP) is 3.89. The number of benzene rings is 2. The highest BCUT2D eigenvalue weighted by Gasteiger charge is 2.17. The highest BCUT2D eigenvalue weighted by Crippen LogP contribution is 2.45. The molecule has 0 saturated carbocycles. The van der Waals surface area contributed by atoms with Crippen LogP contribution in [-0.4, -0.2) is 29.1 Å². The molecule has 1 aliphatic heterocycles. The van der Waals surface area contributed by atoms with Gasteiger partial charge in [0.2, 0.25) is 0 Å². The smallest absolute Gasteiger partial charge is 0.262 e. The lowest BCUT2D eigenvalue weighted by atomic mass is 10.2. The van der Waals surface area contributed by atoms with Gasteiger partial charge in [0.05, 0.1) is 4.58 Å². The Hall–Kier alpha value is -1.79. The van der Waals surface area contributed by atoms with Crippen molar-refractivity contribution >= 4 is 35.1 Å². The summed E-state index contributed by atoms with van der Waals surface area (Å²) in [5.41, 5.74) is 1.92. The third kappa shape index (κ3) is 4.59. The van der Waals surface area contributed by atoms with Crippen molar-refractivity contribution in [3.63, 3.8) is 0 Å². The number of phenols is 1. The topological polar surface area (TPSA) is 58.6 Å². The van der Waals surface area contributed by atoms with Gasteiger partial charge in [-0.05, 0) is 42.0 Å². The quantitative estimate of drug-likeness (QED) is 0.804. The first-order chi connectivity index (χ1) is 11.2. The maximum Gasteiger partial charge on any atom is 0.262 e. The van der Waals surface area contributed by atoms with Gasteiger partial charge in [0.25, 0.3) is 5.91 Å². The maximum atomic E-state index is 11.8. The van der Waals surface area contributed by atoms with E-state index in [9.17, 15) is 9.90 Å². The van der Waals surface area contributed by atoms with Crippen molar-refractivity contribution < 1.29 is 14.6 Å². The molecule has 120 valence electrons. The maximum absolute atomic E-state index is 11.8. The molecule has 3 rings (SSSR count). The van der Waals surface area contributed by atoms with E-state index < -0.39 is 0 Å². The summed E-state index contributed by atoms with van der Waals surface area (Å²) >= 11 is 3.92. The minimum Gasteiger partial charge on any atom is -0.508 e. The van der Waals surface area contributed by atoms with Gasteiger partial charge in [-0.15, -0.1) is 23.5 Å². The molecule has 4 nitrogen and oxygen atoms in total. The average molecular weight is 347 g/mol. The monoisotopic (exact) mass is 347 g/mol. The van der Waals surface area contributed by atoms with E-state index in [1.165, 1.54) is 29.2 Å². The van der Waals surface area contributed by atoms with E-state index in [0.29, 0.717) is 16.0 Å². The van der Waals surface area contributed by atoms with E-state index in [-0.39, 0.29) is 18.3 Å². The number of anilines is 1. The number of rotatable bonds is 5. The van der Waals surface area contributed by atoms with Gasteiger partial charge in [0.15, 0.2) is 6.61 Å². The molecule has 2 aromatic carbocycles. The molecule has 0 aliphatic carbocycles. The molecule has 0 radical (unpaired) electrons. The van der Waals surface area contributed by atoms with Crippen LogP contribution in [0.1, 0.15) is 10.1 Å². The number of hydrogen-bond donors (Lipinski definition) is 2. The van der Waals surface area contributed by atoms with Gasteiger partial charge in [-0.2, -0.15) is 0 Å². The summed E-state index contributed by atoms with van der Waals surface area (Å²) in [6.45, 7) is -0.0485. The molecule has 2 N–H and O–H groups in total. The summed E-state index contributed by atoms with van der Waals surface area (Å²) in [6, 6.07) is 14.2. The second kappa shape index (κ2) is 7.66. The van der Waals surface area contributed by atoms with Crippen LogP contribution >= 0.6 is 23.5 Å². The highest BCUT2D eigenvalue weighted by molar-refractivity contribution is 8.19. The molecule has 23 heavy (non-hydrogen) atoms. The summed E-state index contributed by atoms with van der Waals surface area (Å²) in [5.74, 6) is 3.01. The van der Waals surface area contributed by atoms with Crippen LogP contribution in [0, 0.1) is 0 Å². The van der Waals surface area contributed by atoms with E-state index in [1.54, 1.807) is 12.1 Å². The molecule has 0 atom stereocenters. The molecular weight excluding hydrogens is 330 g/mol. The van der Waals surface area contributed by atoms with Crippen molar-refractivity contribution in [1.82, 2.24) is 0 Å². The lowest BCUT2D eigenvalue weighted by molar-refractivity contribution is -0.118. The Kier molecular flexibility index (Phi) is 5.35. The van der Waals surface area contributed by atoms with E-state index in [4.69, 9.17) is 4.74 Å². The number of amides is 1. The van der Waals surface area contributed by atoms with Crippen LogP contribution in [-0.2, 0) is 4.79 Å². The molecule has 0 spiro atoms. The second-order valence-corrected chi connectivity index (χ2v) is 7.75. The number of thioether (sulfide) groups is 2. The molecule has 1 saturated heterocycles. The molecule has 0 bridgehead atoms. The number of phenolic OH excluding ortho intramolecular Hbond substituents is 1. The Labute approximate surface area is 143 Å². The van der Waals surface area contributed by atoms with Crippen LogP contribution < -0.4 is 10.1 Å². The molecule has 2 aromatic rings. The zero-order valence-corrected chi connectivity index (χ0v) is 14.0. The number of aromatic hydroxyl groups is 1. The second-order valence-electron chi connectivity index (χ2n) is 5.03. The van der Waals surface area contributed by atoms with Gasteiger partial charge in [-0.25, -0.2) is 0 Å². The zero-order valence-electron chi connectivity index (χ0n) is 12.4. The summed E-state index contributed by atoms with van der Waals surface area (Å²) in [6.07, 6.45) is 0. The van der Waals surface area contributed by atoms with Crippen LogP contribution in [0.15, 0.2) is 48.5 Å². The van der Waals surface area contributed by atoms with Gasteiger partial charge in [0, 0.05) is 17.2 Å². The third-order valence-electron chi connectivity index (χ3n) is 3.30. The first-order valence-corrected chi connectivity index (χ1v) is 9.35. The number of carbonyl (C=O) groups is 1. The van der Waals surface area contributed by atoms with E-state index in [2.05, 4.69) is 17.4 Å². The van der Waals surface area contributed by atoms with Crippen molar-refractivity contribution in [2.24, 2.45) is 0 Å². The third-order valence-corrected chi connectivity index (χ3v) is 6.40. The Morgan fingerprint density at radius 1 is 1.09 bits per heavy atom. The fourth-order valence-electron chi connectivity index (χ4n) is 2.16. The van der Waals surface area contributed by atoms with Crippen molar-refractivity contribution in [3.05, 3.63) is 54.1 Å². The molecule has 6 heteroatoms. The van der Waals surface area contributed by atoms with E-state index in [0.717, 1.165) is 0 Å². The number of ether oxygens (including phenoxy) is 1. The van der Waals surface area contributed by atoms with E-state index in [1.807, 2.05) is 35.7 Å². The molecule has 1 amide bonds. The number of carbonyl (C=O) groups excluding carboxylic acids is 1. The Balaban J connectivity index is 1.49. The highest BCUT2D eigenvalue weighted by atomic mass is 32.2. The molecule has 0 unspecified atom stereocenters. The van der Waals surface area contributed by atoms with Gasteiger partial charge < -0.3 is 15.2 Å². The van der Waals surface area contributed by atoms with Crippen LogP contribution in [0.25, 0.3) is 0 Å². The normalized spacial score (nSPS) is 14.6. The predicted molar refractivity (Wildman–Crippen MR) is 96.3 cm³/mol. The summed E-state index contributed by atoms with van der Waals surface area (Å²) < 4.78 is 6.02.